The van der Waals surface area contributed by atoms with Crippen LogP contribution in [0.25, 0.3) is 0 Å². The van der Waals surface area contributed by atoms with E-state index in [0.29, 0.717) is 24.6 Å². The van der Waals surface area contributed by atoms with Gasteiger partial charge in [-0.15, -0.1) is 11.3 Å². The van der Waals surface area contributed by atoms with Gasteiger partial charge < -0.3 is 5.73 Å². The van der Waals surface area contributed by atoms with Crippen molar-refractivity contribution in [3.8, 4) is 0 Å². The number of thiazole rings is 1. The average molecular weight is 238 g/mol. The highest BCUT2D eigenvalue weighted by Gasteiger charge is 2.20. The maximum Gasteiger partial charge on any atom is 0.182 e. The number of hydrogen-bond donors (Lipinski definition) is 1. The molecular formula is C12H18N2OS. The highest BCUT2D eigenvalue weighted by atomic mass is 32.1. The molecule has 4 heteroatoms. The molecule has 1 aromatic heterocycles. The molecule has 0 saturated heterocycles. The van der Waals surface area contributed by atoms with E-state index in [4.69, 9.17) is 5.73 Å². The highest BCUT2D eigenvalue weighted by Crippen LogP contribution is 2.28. The molecule has 3 nitrogen and oxygen atoms in total. The molecule has 0 unspecified atom stereocenters. The second kappa shape index (κ2) is 5.55. The molecule has 1 saturated carbocycles. The van der Waals surface area contributed by atoms with E-state index < -0.39 is 0 Å². The Bertz CT molecular complexity index is 356. The first-order valence-electron chi connectivity index (χ1n) is 5.97. The summed E-state index contributed by atoms with van der Waals surface area (Å²) in [4.78, 5) is 16.3. The number of ketones is 1. The zero-order valence-electron chi connectivity index (χ0n) is 9.45. The molecule has 0 radical (unpaired) electrons. The Morgan fingerprint density at radius 3 is 2.94 bits per heavy atom. The quantitative estimate of drug-likeness (QED) is 0.801. The molecule has 1 aromatic rings. The van der Waals surface area contributed by atoms with Crippen LogP contribution in [0.15, 0.2) is 5.38 Å². The summed E-state index contributed by atoms with van der Waals surface area (Å²) in [5.41, 5.74) is 6.11. The van der Waals surface area contributed by atoms with Gasteiger partial charge in [0.1, 0.15) is 5.69 Å². The number of nitrogens with zero attached hydrogens (tertiary/aromatic N) is 1. The summed E-state index contributed by atoms with van der Waals surface area (Å²) >= 11 is 1.55. The SMILES string of the molecule is NCCc1nc(C(=O)CC2CCCC2)cs1. The molecule has 0 atom stereocenters. The number of aromatic nitrogens is 1. The van der Waals surface area contributed by atoms with Crippen molar-refractivity contribution < 1.29 is 4.79 Å². The zero-order chi connectivity index (χ0) is 11.4. The van der Waals surface area contributed by atoms with Gasteiger partial charge >= 0.3 is 0 Å². The van der Waals surface area contributed by atoms with Crippen molar-refractivity contribution in [1.29, 1.82) is 0 Å². The van der Waals surface area contributed by atoms with Crippen LogP contribution >= 0.6 is 11.3 Å². The van der Waals surface area contributed by atoms with Crippen molar-refractivity contribution in [2.24, 2.45) is 11.7 Å². The van der Waals surface area contributed by atoms with Crippen LogP contribution in [0.2, 0.25) is 0 Å². The average Bonchev–Trinajstić information content (AvgIpc) is 2.89. The molecule has 2 N–H and O–H groups in total. The smallest absolute Gasteiger partial charge is 0.182 e. The third-order valence-corrected chi connectivity index (χ3v) is 4.05. The van der Waals surface area contributed by atoms with Gasteiger partial charge in [-0.2, -0.15) is 0 Å². The predicted molar refractivity (Wildman–Crippen MR) is 65.8 cm³/mol. The third kappa shape index (κ3) is 2.89. The summed E-state index contributed by atoms with van der Waals surface area (Å²) in [6, 6.07) is 0. The Morgan fingerprint density at radius 1 is 1.50 bits per heavy atom. The largest absolute Gasteiger partial charge is 0.330 e. The lowest BCUT2D eigenvalue weighted by atomic mass is 10.00. The van der Waals surface area contributed by atoms with Crippen LogP contribution in [-0.2, 0) is 6.42 Å². The molecule has 16 heavy (non-hydrogen) atoms. The van der Waals surface area contributed by atoms with Gasteiger partial charge in [0.2, 0.25) is 0 Å². The van der Waals surface area contributed by atoms with E-state index in [9.17, 15) is 4.79 Å². The van der Waals surface area contributed by atoms with Gasteiger partial charge in [0.05, 0.1) is 5.01 Å². The van der Waals surface area contributed by atoms with Gasteiger partial charge in [-0.1, -0.05) is 25.7 Å². The van der Waals surface area contributed by atoms with Crippen LogP contribution in [0.1, 0.15) is 47.6 Å². The fraction of sp³-hybridized carbons (Fsp3) is 0.667. The lowest BCUT2D eigenvalue weighted by molar-refractivity contribution is 0.0958. The standard InChI is InChI=1S/C12H18N2OS/c13-6-5-12-14-10(8-16-12)11(15)7-9-3-1-2-4-9/h8-9H,1-7,13H2. The molecule has 0 aliphatic heterocycles. The Kier molecular flexibility index (Phi) is 4.07. The van der Waals surface area contributed by atoms with Gasteiger partial charge in [-0.3, -0.25) is 4.79 Å². The first-order chi connectivity index (χ1) is 7.79. The van der Waals surface area contributed by atoms with Crippen LogP contribution in [-0.4, -0.2) is 17.3 Å². The normalized spacial score (nSPS) is 16.8. The van der Waals surface area contributed by atoms with E-state index in [-0.39, 0.29) is 5.78 Å². The van der Waals surface area contributed by atoms with Crippen molar-refractivity contribution in [2.75, 3.05) is 6.54 Å². The molecule has 0 spiro atoms. The maximum absolute atomic E-state index is 11.9. The van der Waals surface area contributed by atoms with Crippen LogP contribution < -0.4 is 5.73 Å². The summed E-state index contributed by atoms with van der Waals surface area (Å²) in [6.07, 6.45) is 6.46. The number of carbonyl (C=O) groups is 1. The van der Waals surface area contributed by atoms with E-state index in [2.05, 4.69) is 4.98 Å². The Labute approximate surface area is 100 Å². The summed E-state index contributed by atoms with van der Waals surface area (Å²) in [5.74, 6) is 0.818. The van der Waals surface area contributed by atoms with Gasteiger partial charge in [0.15, 0.2) is 5.78 Å². The topological polar surface area (TPSA) is 56.0 Å². The number of nitrogens with two attached hydrogens (primary N) is 1. The number of hydrogen-bond acceptors (Lipinski definition) is 4. The first kappa shape index (κ1) is 11.7. The van der Waals surface area contributed by atoms with Gasteiger partial charge in [0, 0.05) is 18.2 Å². The number of rotatable bonds is 5. The number of carbonyl (C=O) groups excluding carboxylic acids is 1. The van der Waals surface area contributed by atoms with Crippen molar-refractivity contribution in [3.63, 3.8) is 0 Å². The second-order valence-electron chi connectivity index (χ2n) is 4.44. The van der Waals surface area contributed by atoms with Gasteiger partial charge in [0.25, 0.3) is 0 Å². The molecule has 0 bridgehead atoms. The summed E-state index contributed by atoms with van der Waals surface area (Å²) in [6.45, 7) is 0.601. The minimum atomic E-state index is 0.214. The van der Waals surface area contributed by atoms with E-state index in [1.807, 2.05) is 5.38 Å². The second-order valence-corrected chi connectivity index (χ2v) is 5.39. The molecule has 1 aliphatic carbocycles. The number of Topliss-reactive ketones (excluding diaryl/α,β-unsaturated/α-hetero) is 1. The van der Waals surface area contributed by atoms with Crippen LogP contribution in [0.4, 0.5) is 0 Å². The van der Waals surface area contributed by atoms with Crippen LogP contribution in [0, 0.1) is 5.92 Å². The van der Waals surface area contributed by atoms with Crippen molar-refractivity contribution in [1.82, 2.24) is 4.98 Å². The fourth-order valence-electron chi connectivity index (χ4n) is 2.26. The minimum absolute atomic E-state index is 0.214. The lowest BCUT2D eigenvalue weighted by Gasteiger charge is -2.05. The molecule has 2 rings (SSSR count). The predicted octanol–water partition coefficient (Wildman–Crippen LogP) is 2.41. The Balaban J connectivity index is 1.91. The van der Waals surface area contributed by atoms with Crippen molar-refractivity contribution in [2.45, 2.75) is 38.5 Å². The van der Waals surface area contributed by atoms with E-state index in [1.165, 1.54) is 25.7 Å². The van der Waals surface area contributed by atoms with Crippen molar-refractivity contribution in [3.05, 3.63) is 16.1 Å². The third-order valence-electron chi connectivity index (χ3n) is 3.14. The monoisotopic (exact) mass is 238 g/mol. The molecule has 1 aliphatic rings. The highest BCUT2D eigenvalue weighted by molar-refractivity contribution is 7.09. The van der Waals surface area contributed by atoms with E-state index in [0.717, 1.165) is 11.4 Å². The summed E-state index contributed by atoms with van der Waals surface area (Å²) in [5, 5.41) is 2.86. The molecule has 0 amide bonds. The molecule has 1 heterocycles. The summed E-state index contributed by atoms with van der Waals surface area (Å²) in [7, 11) is 0. The Morgan fingerprint density at radius 2 is 2.25 bits per heavy atom. The van der Waals surface area contributed by atoms with Crippen LogP contribution in [0.3, 0.4) is 0 Å². The molecular weight excluding hydrogens is 220 g/mol. The van der Waals surface area contributed by atoms with Gasteiger partial charge in [-0.25, -0.2) is 4.98 Å². The van der Waals surface area contributed by atoms with Crippen LogP contribution in [0.5, 0.6) is 0 Å². The zero-order valence-corrected chi connectivity index (χ0v) is 10.3. The molecule has 88 valence electrons. The maximum atomic E-state index is 11.9. The van der Waals surface area contributed by atoms with E-state index in [1.54, 1.807) is 11.3 Å². The Hall–Kier alpha value is -0.740. The lowest BCUT2D eigenvalue weighted by Crippen LogP contribution is -2.07. The fourth-order valence-corrected chi connectivity index (χ4v) is 3.08. The van der Waals surface area contributed by atoms with E-state index >= 15 is 0 Å². The molecule has 1 fully saturated rings. The van der Waals surface area contributed by atoms with Crippen molar-refractivity contribution >= 4 is 17.1 Å². The van der Waals surface area contributed by atoms with Gasteiger partial charge in [-0.05, 0) is 12.5 Å². The summed E-state index contributed by atoms with van der Waals surface area (Å²) < 4.78 is 0. The minimum Gasteiger partial charge on any atom is -0.330 e. The molecule has 0 aromatic carbocycles. The first-order valence-corrected chi connectivity index (χ1v) is 6.85.